The van der Waals surface area contributed by atoms with Crippen LogP contribution in [0.5, 0.6) is 0 Å². The van der Waals surface area contributed by atoms with E-state index in [1.54, 1.807) is 6.07 Å². The topological polar surface area (TPSA) is 61.6 Å². The number of nitrogen functional groups attached to an aromatic ring is 1. The van der Waals surface area contributed by atoms with Crippen molar-refractivity contribution in [2.75, 3.05) is 52.0 Å². The van der Waals surface area contributed by atoms with Crippen LogP contribution < -0.4 is 11.1 Å². The maximum Gasteiger partial charge on any atom is 0.251 e. The summed E-state index contributed by atoms with van der Waals surface area (Å²) in [5.41, 5.74) is 7.98. The molecular weight excluding hydrogens is 359 g/mol. The van der Waals surface area contributed by atoms with Gasteiger partial charge in [-0.25, -0.2) is 0 Å². The molecule has 2 rings (SSSR count). The Hall–Kier alpha value is -0.720. The molecular formula is C15H27Cl3N4O. The maximum absolute atomic E-state index is 12.1. The Kier molecular flexibility index (Phi) is 12.5. The standard InChI is InChI=1S/C15H24N4O.3ClH/c1-12-3-4-13(16)11-14(12)15(20)17-5-6-19-9-7-18(2)8-10-19;;;/h3-4,11H,5-10,16H2,1-2H3,(H,17,20);3*1H. The highest BCUT2D eigenvalue weighted by molar-refractivity contribution is 5.96. The van der Waals surface area contributed by atoms with Crippen LogP contribution in [0.4, 0.5) is 5.69 Å². The third kappa shape index (κ3) is 7.59. The smallest absolute Gasteiger partial charge is 0.251 e. The zero-order valence-corrected chi connectivity index (χ0v) is 16.0. The van der Waals surface area contributed by atoms with Crippen molar-refractivity contribution in [1.29, 1.82) is 0 Å². The highest BCUT2D eigenvalue weighted by Gasteiger charge is 2.14. The normalized spacial score (nSPS) is 14.9. The van der Waals surface area contributed by atoms with E-state index in [2.05, 4.69) is 22.2 Å². The number of likely N-dealkylation sites (N-methyl/N-ethyl adjacent to an activating group) is 1. The van der Waals surface area contributed by atoms with Crippen molar-refractivity contribution in [3.05, 3.63) is 29.3 Å². The quantitative estimate of drug-likeness (QED) is 0.776. The van der Waals surface area contributed by atoms with Gasteiger partial charge in [-0.05, 0) is 31.7 Å². The highest BCUT2D eigenvalue weighted by Crippen LogP contribution is 2.12. The summed E-state index contributed by atoms with van der Waals surface area (Å²) >= 11 is 0. The monoisotopic (exact) mass is 384 g/mol. The van der Waals surface area contributed by atoms with Crippen LogP contribution in [0.25, 0.3) is 0 Å². The number of benzene rings is 1. The lowest BCUT2D eigenvalue weighted by molar-refractivity contribution is 0.0940. The number of anilines is 1. The predicted octanol–water partition coefficient (Wildman–Crippen LogP) is 1.82. The fourth-order valence-corrected chi connectivity index (χ4v) is 2.38. The van der Waals surface area contributed by atoms with Crippen LogP contribution in [0, 0.1) is 6.92 Å². The molecule has 1 aromatic carbocycles. The lowest BCUT2D eigenvalue weighted by Gasteiger charge is -2.32. The molecule has 0 atom stereocenters. The molecule has 1 aromatic rings. The van der Waals surface area contributed by atoms with E-state index in [0.717, 1.165) is 38.3 Å². The van der Waals surface area contributed by atoms with Gasteiger partial charge >= 0.3 is 0 Å². The third-order valence-electron chi connectivity index (χ3n) is 3.82. The van der Waals surface area contributed by atoms with E-state index < -0.39 is 0 Å². The summed E-state index contributed by atoms with van der Waals surface area (Å²) in [5.74, 6) is -0.0380. The Morgan fingerprint density at radius 2 is 1.78 bits per heavy atom. The van der Waals surface area contributed by atoms with Crippen LogP contribution in [-0.2, 0) is 0 Å². The van der Waals surface area contributed by atoms with Crippen molar-refractivity contribution in [2.24, 2.45) is 0 Å². The van der Waals surface area contributed by atoms with Crippen molar-refractivity contribution in [3.8, 4) is 0 Å². The summed E-state index contributed by atoms with van der Waals surface area (Å²) in [6.45, 7) is 7.85. The number of carbonyl (C=O) groups excluding carboxylic acids is 1. The average molecular weight is 386 g/mol. The summed E-state index contributed by atoms with van der Waals surface area (Å²) in [6, 6.07) is 5.43. The molecule has 1 amide bonds. The van der Waals surface area contributed by atoms with Gasteiger partial charge in [0.1, 0.15) is 0 Å². The number of hydrogen-bond donors (Lipinski definition) is 2. The lowest BCUT2D eigenvalue weighted by Crippen LogP contribution is -2.46. The number of carbonyl (C=O) groups is 1. The minimum Gasteiger partial charge on any atom is -0.399 e. The van der Waals surface area contributed by atoms with Crippen molar-refractivity contribution in [3.63, 3.8) is 0 Å². The van der Waals surface area contributed by atoms with E-state index in [1.807, 2.05) is 19.1 Å². The van der Waals surface area contributed by atoms with Crippen molar-refractivity contribution in [2.45, 2.75) is 6.92 Å². The molecule has 8 heteroatoms. The van der Waals surface area contributed by atoms with Gasteiger partial charge in [-0.2, -0.15) is 0 Å². The molecule has 3 N–H and O–H groups in total. The van der Waals surface area contributed by atoms with Gasteiger partial charge in [0.25, 0.3) is 5.91 Å². The first-order valence-corrected chi connectivity index (χ1v) is 7.11. The van der Waals surface area contributed by atoms with Gasteiger partial charge in [0.2, 0.25) is 0 Å². The second kappa shape index (κ2) is 11.8. The average Bonchev–Trinajstić information content (AvgIpc) is 2.43. The molecule has 1 aliphatic heterocycles. The maximum atomic E-state index is 12.1. The molecule has 0 bridgehead atoms. The number of halogens is 3. The van der Waals surface area contributed by atoms with Crippen molar-refractivity contribution < 1.29 is 4.79 Å². The highest BCUT2D eigenvalue weighted by atomic mass is 35.5. The van der Waals surface area contributed by atoms with Crippen LogP contribution in [0.15, 0.2) is 18.2 Å². The SMILES string of the molecule is Cc1ccc(N)cc1C(=O)NCCN1CCN(C)CC1.Cl.Cl.Cl. The Morgan fingerprint density at radius 1 is 1.17 bits per heavy atom. The van der Waals surface area contributed by atoms with E-state index in [1.165, 1.54) is 0 Å². The largest absolute Gasteiger partial charge is 0.399 e. The zero-order chi connectivity index (χ0) is 14.5. The summed E-state index contributed by atoms with van der Waals surface area (Å²) in [7, 11) is 2.14. The van der Waals surface area contributed by atoms with Gasteiger partial charge in [0.15, 0.2) is 0 Å². The molecule has 1 heterocycles. The molecule has 1 fully saturated rings. The fourth-order valence-electron chi connectivity index (χ4n) is 2.38. The van der Waals surface area contributed by atoms with Gasteiger partial charge in [-0.1, -0.05) is 6.07 Å². The third-order valence-corrected chi connectivity index (χ3v) is 3.82. The van der Waals surface area contributed by atoms with Crippen LogP contribution in [0.3, 0.4) is 0 Å². The number of amides is 1. The van der Waals surface area contributed by atoms with E-state index in [9.17, 15) is 4.79 Å². The molecule has 0 aromatic heterocycles. The molecule has 0 saturated carbocycles. The van der Waals surface area contributed by atoms with Crippen LogP contribution in [-0.4, -0.2) is 62.0 Å². The van der Waals surface area contributed by atoms with Gasteiger partial charge in [-0.3, -0.25) is 9.69 Å². The minimum atomic E-state index is -0.0380. The second-order valence-electron chi connectivity index (χ2n) is 5.48. The summed E-state index contributed by atoms with van der Waals surface area (Å²) in [5, 5.41) is 2.98. The van der Waals surface area contributed by atoms with Gasteiger partial charge in [0.05, 0.1) is 0 Å². The molecule has 0 spiro atoms. The van der Waals surface area contributed by atoms with Crippen molar-refractivity contribution in [1.82, 2.24) is 15.1 Å². The number of rotatable bonds is 4. The first-order chi connectivity index (χ1) is 9.56. The first-order valence-electron chi connectivity index (χ1n) is 7.11. The summed E-state index contributed by atoms with van der Waals surface area (Å²) < 4.78 is 0. The van der Waals surface area contributed by atoms with Crippen LogP contribution in [0.1, 0.15) is 15.9 Å². The minimum absolute atomic E-state index is 0. The number of piperazine rings is 1. The molecule has 0 aliphatic carbocycles. The van der Waals surface area contributed by atoms with Gasteiger partial charge in [0, 0.05) is 50.5 Å². The molecule has 23 heavy (non-hydrogen) atoms. The summed E-state index contributed by atoms with van der Waals surface area (Å²) in [6.07, 6.45) is 0. The fraction of sp³-hybridized carbons (Fsp3) is 0.533. The molecule has 134 valence electrons. The van der Waals surface area contributed by atoms with Gasteiger partial charge in [-0.15, -0.1) is 37.2 Å². The van der Waals surface area contributed by atoms with E-state index in [4.69, 9.17) is 5.73 Å². The van der Waals surface area contributed by atoms with Gasteiger partial charge < -0.3 is 16.0 Å². The predicted molar refractivity (Wildman–Crippen MR) is 104 cm³/mol. The molecule has 1 saturated heterocycles. The van der Waals surface area contributed by atoms with E-state index in [-0.39, 0.29) is 43.1 Å². The Bertz CT molecular complexity index is 480. The lowest BCUT2D eigenvalue weighted by atomic mass is 10.1. The van der Waals surface area contributed by atoms with Crippen LogP contribution in [0.2, 0.25) is 0 Å². The first kappa shape index (κ1) is 24.5. The molecule has 0 unspecified atom stereocenters. The Labute approximate surface area is 157 Å². The number of nitrogens with two attached hydrogens (primary N) is 1. The van der Waals surface area contributed by atoms with Crippen molar-refractivity contribution >= 4 is 48.8 Å². The van der Waals surface area contributed by atoms with Crippen LogP contribution >= 0.6 is 37.2 Å². The molecule has 1 aliphatic rings. The number of aryl methyl sites for hydroxylation is 1. The summed E-state index contributed by atoms with van der Waals surface area (Å²) in [4.78, 5) is 16.8. The number of hydrogen-bond acceptors (Lipinski definition) is 4. The zero-order valence-electron chi connectivity index (χ0n) is 13.6. The Morgan fingerprint density at radius 3 is 2.39 bits per heavy atom. The second-order valence-corrected chi connectivity index (χ2v) is 5.48. The molecule has 5 nitrogen and oxygen atoms in total. The Balaban J connectivity index is 0. The number of nitrogens with zero attached hydrogens (tertiary/aromatic N) is 2. The molecule has 0 radical (unpaired) electrons. The van der Waals surface area contributed by atoms with E-state index >= 15 is 0 Å². The van der Waals surface area contributed by atoms with E-state index in [0.29, 0.717) is 17.8 Å². The number of nitrogens with one attached hydrogen (secondary N) is 1.